The van der Waals surface area contributed by atoms with Crippen molar-refractivity contribution >= 4 is 10.8 Å². The summed E-state index contributed by atoms with van der Waals surface area (Å²) in [4.78, 5) is 0. The van der Waals surface area contributed by atoms with E-state index in [9.17, 15) is 4.39 Å². The van der Waals surface area contributed by atoms with E-state index in [-0.39, 0.29) is 5.82 Å². The smallest absolute Gasteiger partial charge is 0.146 e. The molecular weight excluding hydrogens is 367 g/mol. The van der Waals surface area contributed by atoms with E-state index in [0.29, 0.717) is 10.9 Å². The standard InChI is InChI=1S/C29H21F/c1-3-22-8-10-24(11-9-22)14-16-26-17-18-27-20-25(15-19-28(27)29(26)30)13-12-23-6-4-21(2)5-7-23/h4-11,15,17-20H,3H2,1-2H3. The number of halogens is 1. The van der Waals surface area contributed by atoms with Gasteiger partial charge in [0.2, 0.25) is 0 Å². The summed E-state index contributed by atoms with van der Waals surface area (Å²) in [6.07, 6.45) is 0.990. The summed E-state index contributed by atoms with van der Waals surface area (Å²) in [7, 11) is 0. The van der Waals surface area contributed by atoms with Gasteiger partial charge in [-0.1, -0.05) is 72.6 Å². The van der Waals surface area contributed by atoms with Crippen LogP contribution < -0.4 is 0 Å². The minimum Gasteiger partial charge on any atom is -0.205 e. The average Bonchev–Trinajstić information content (AvgIpc) is 2.78. The lowest BCUT2D eigenvalue weighted by atomic mass is 10.0. The highest BCUT2D eigenvalue weighted by molar-refractivity contribution is 5.86. The quantitative estimate of drug-likeness (QED) is 0.320. The van der Waals surface area contributed by atoms with Crippen molar-refractivity contribution in [3.63, 3.8) is 0 Å². The zero-order valence-corrected chi connectivity index (χ0v) is 17.1. The summed E-state index contributed by atoms with van der Waals surface area (Å²) in [6.45, 7) is 4.17. The SMILES string of the molecule is CCc1ccc(C#Cc2ccc3cc(C#Cc4ccc(C)cc4)ccc3c2F)cc1. The van der Waals surface area contributed by atoms with Gasteiger partial charge in [0.15, 0.2) is 0 Å². The van der Waals surface area contributed by atoms with Gasteiger partial charge in [-0.05, 0) is 66.8 Å². The highest BCUT2D eigenvalue weighted by atomic mass is 19.1. The molecule has 1 heteroatoms. The van der Waals surface area contributed by atoms with Crippen LogP contribution in [0.4, 0.5) is 4.39 Å². The number of benzene rings is 4. The Hall–Kier alpha value is -3.81. The Bertz CT molecular complexity index is 1320. The van der Waals surface area contributed by atoms with Crippen LogP contribution in [0.1, 0.15) is 40.3 Å². The first-order valence-electron chi connectivity index (χ1n) is 10.0. The van der Waals surface area contributed by atoms with Crippen molar-refractivity contribution in [2.24, 2.45) is 0 Å². The van der Waals surface area contributed by atoms with Gasteiger partial charge in [-0.25, -0.2) is 4.39 Å². The predicted molar refractivity (Wildman–Crippen MR) is 123 cm³/mol. The van der Waals surface area contributed by atoms with Gasteiger partial charge in [0.05, 0.1) is 5.56 Å². The van der Waals surface area contributed by atoms with E-state index >= 15 is 0 Å². The molecule has 0 amide bonds. The minimum atomic E-state index is -0.289. The fraction of sp³-hybridized carbons (Fsp3) is 0.103. The summed E-state index contributed by atoms with van der Waals surface area (Å²) in [5.41, 5.74) is 5.58. The Labute approximate surface area is 177 Å². The second kappa shape index (κ2) is 8.69. The Morgan fingerprint density at radius 2 is 1.27 bits per heavy atom. The Morgan fingerprint density at radius 3 is 1.97 bits per heavy atom. The molecule has 0 aromatic heterocycles. The van der Waals surface area contributed by atoms with Crippen molar-refractivity contribution in [1.82, 2.24) is 0 Å². The molecule has 0 aliphatic rings. The molecule has 0 saturated heterocycles. The van der Waals surface area contributed by atoms with Crippen LogP contribution in [0, 0.1) is 36.4 Å². The van der Waals surface area contributed by atoms with Crippen LogP contribution in [-0.2, 0) is 6.42 Å². The van der Waals surface area contributed by atoms with Crippen LogP contribution in [0.5, 0.6) is 0 Å². The summed E-state index contributed by atoms with van der Waals surface area (Å²) in [6, 6.07) is 25.3. The molecule has 4 aromatic carbocycles. The summed E-state index contributed by atoms with van der Waals surface area (Å²) in [5, 5.41) is 1.38. The largest absolute Gasteiger partial charge is 0.205 e. The molecule has 30 heavy (non-hydrogen) atoms. The van der Waals surface area contributed by atoms with Gasteiger partial charge in [0.25, 0.3) is 0 Å². The van der Waals surface area contributed by atoms with Crippen molar-refractivity contribution in [3.8, 4) is 23.7 Å². The third-order valence-electron chi connectivity index (χ3n) is 5.06. The molecule has 0 aliphatic carbocycles. The van der Waals surface area contributed by atoms with E-state index in [1.165, 1.54) is 11.1 Å². The van der Waals surface area contributed by atoms with Gasteiger partial charge in [0, 0.05) is 22.1 Å². The molecule has 0 fully saturated rings. The van der Waals surface area contributed by atoms with Crippen molar-refractivity contribution < 1.29 is 4.39 Å². The molecule has 0 unspecified atom stereocenters. The second-order valence-corrected chi connectivity index (χ2v) is 7.28. The van der Waals surface area contributed by atoms with Gasteiger partial charge in [0.1, 0.15) is 5.82 Å². The molecule has 0 heterocycles. The molecular formula is C29H21F. The van der Waals surface area contributed by atoms with E-state index in [4.69, 9.17) is 0 Å². The molecule has 4 aromatic rings. The molecule has 0 nitrogen and oxygen atoms in total. The number of fused-ring (bicyclic) bond motifs is 1. The Balaban J connectivity index is 1.61. The first kappa shape index (κ1) is 19.5. The van der Waals surface area contributed by atoms with Crippen LogP contribution in [0.3, 0.4) is 0 Å². The van der Waals surface area contributed by atoms with Crippen LogP contribution in [0.2, 0.25) is 0 Å². The number of hydrogen-bond donors (Lipinski definition) is 0. The molecule has 0 saturated carbocycles. The zero-order valence-electron chi connectivity index (χ0n) is 17.1. The van der Waals surface area contributed by atoms with Crippen molar-refractivity contribution in [2.45, 2.75) is 20.3 Å². The molecule has 0 spiro atoms. The zero-order chi connectivity index (χ0) is 20.9. The summed E-state index contributed by atoms with van der Waals surface area (Å²) >= 11 is 0. The highest BCUT2D eigenvalue weighted by Crippen LogP contribution is 2.22. The molecule has 0 radical (unpaired) electrons. The normalized spacial score (nSPS) is 10.1. The van der Waals surface area contributed by atoms with Crippen LogP contribution >= 0.6 is 0 Å². The highest BCUT2D eigenvalue weighted by Gasteiger charge is 2.06. The molecule has 0 N–H and O–H groups in total. The van der Waals surface area contributed by atoms with Crippen LogP contribution in [0.15, 0.2) is 78.9 Å². The van der Waals surface area contributed by atoms with Gasteiger partial charge < -0.3 is 0 Å². The molecule has 0 bridgehead atoms. The average molecular weight is 388 g/mol. The summed E-state index contributed by atoms with van der Waals surface area (Å²) in [5.74, 6) is 12.1. The maximum atomic E-state index is 15.0. The van der Waals surface area contributed by atoms with Gasteiger partial charge >= 0.3 is 0 Å². The van der Waals surface area contributed by atoms with Crippen molar-refractivity contribution in [2.75, 3.05) is 0 Å². The van der Waals surface area contributed by atoms with Crippen molar-refractivity contribution in [1.29, 1.82) is 0 Å². The summed E-state index contributed by atoms with van der Waals surface area (Å²) < 4.78 is 15.0. The fourth-order valence-electron chi connectivity index (χ4n) is 3.21. The molecule has 0 aliphatic heterocycles. The van der Waals surface area contributed by atoms with E-state index in [2.05, 4.69) is 49.7 Å². The lowest BCUT2D eigenvalue weighted by Gasteiger charge is -2.03. The second-order valence-electron chi connectivity index (χ2n) is 7.28. The van der Waals surface area contributed by atoms with E-state index in [1.807, 2.05) is 54.6 Å². The Kier molecular flexibility index (Phi) is 5.65. The molecule has 4 rings (SSSR count). The van der Waals surface area contributed by atoms with E-state index < -0.39 is 0 Å². The fourth-order valence-corrected chi connectivity index (χ4v) is 3.21. The molecule has 144 valence electrons. The van der Waals surface area contributed by atoms with Crippen LogP contribution in [0.25, 0.3) is 10.8 Å². The first-order chi connectivity index (χ1) is 14.6. The first-order valence-corrected chi connectivity index (χ1v) is 10.0. The lowest BCUT2D eigenvalue weighted by Crippen LogP contribution is -1.88. The number of aryl methyl sites for hydroxylation is 2. The van der Waals surface area contributed by atoms with E-state index in [1.54, 1.807) is 12.1 Å². The monoisotopic (exact) mass is 388 g/mol. The number of rotatable bonds is 1. The maximum Gasteiger partial charge on any atom is 0.146 e. The third kappa shape index (κ3) is 4.43. The van der Waals surface area contributed by atoms with Crippen molar-refractivity contribution in [3.05, 3.63) is 118 Å². The predicted octanol–water partition coefficient (Wildman–Crippen LogP) is 6.65. The lowest BCUT2D eigenvalue weighted by molar-refractivity contribution is 0.636. The third-order valence-corrected chi connectivity index (χ3v) is 5.06. The van der Waals surface area contributed by atoms with E-state index in [0.717, 1.165) is 28.5 Å². The van der Waals surface area contributed by atoms with Gasteiger partial charge in [-0.2, -0.15) is 0 Å². The van der Waals surface area contributed by atoms with Crippen LogP contribution in [-0.4, -0.2) is 0 Å². The topological polar surface area (TPSA) is 0 Å². The number of hydrogen-bond acceptors (Lipinski definition) is 0. The Morgan fingerprint density at radius 1 is 0.667 bits per heavy atom. The maximum absolute atomic E-state index is 15.0. The van der Waals surface area contributed by atoms with Gasteiger partial charge in [-0.15, -0.1) is 0 Å². The van der Waals surface area contributed by atoms with Gasteiger partial charge in [-0.3, -0.25) is 0 Å². The minimum absolute atomic E-state index is 0.289. The molecule has 0 atom stereocenters.